The van der Waals surface area contributed by atoms with Gasteiger partial charge < -0.3 is 9.47 Å². The van der Waals surface area contributed by atoms with E-state index in [1.807, 2.05) is 13.8 Å². The van der Waals surface area contributed by atoms with Gasteiger partial charge in [-0.2, -0.15) is 0 Å². The molecule has 0 aliphatic heterocycles. The van der Waals surface area contributed by atoms with Crippen LogP contribution in [0, 0.1) is 16.2 Å². The predicted molar refractivity (Wildman–Crippen MR) is 86.2 cm³/mol. The van der Waals surface area contributed by atoms with Crippen LogP contribution in [0.15, 0.2) is 0 Å². The summed E-state index contributed by atoms with van der Waals surface area (Å²) in [5.74, 6) is -0.0184. The summed E-state index contributed by atoms with van der Waals surface area (Å²) in [6.07, 6.45) is 3.64. The van der Waals surface area contributed by atoms with Crippen LogP contribution in [0.1, 0.15) is 74.1 Å². The first kappa shape index (κ1) is 18.5. The van der Waals surface area contributed by atoms with E-state index in [-0.39, 0.29) is 22.2 Å². The summed E-state index contributed by atoms with van der Waals surface area (Å²) in [7, 11) is 1.67. The van der Waals surface area contributed by atoms with Gasteiger partial charge in [-0.3, -0.25) is 4.79 Å². The van der Waals surface area contributed by atoms with Gasteiger partial charge in [0, 0.05) is 20.1 Å². The molecule has 0 aromatic carbocycles. The summed E-state index contributed by atoms with van der Waals surface area (Å²) >= 11 is 0. The molecule has 3 heteroatoms. The molecule has 1 fully saturated rings. The molecule has 21 heavy (non-hydrogen) atoms. The van der Waals surface area contributed by atoms with Crippen molar-refractivity contribution in [1.82, 2.24) is 0 Å². The first-order chi connectivity index (χ1) is 9.41. The molecule has 0 amide bonds. The van der Waals surface area contributed by atoms with Gasteiger partial charge in [-0.15, -0.1) is 0 Å². The Bertz CT molecular complexity index is 382. The number of esters is 1. The van der Waals surface area contributed by atoms with E-state index in [4.69, 9.17) is 9.47 Å². The Morgan fingerprint density at radius 2 is 1.71 bits per heavy atom. The lowest BCUT2D eigenvalue weighted by atomic mass is 9.76. The maximum atomic E-state index is 12.9. The lowest BCUT2D eigenvalue weighted by molar-refractivity contribution is -0.168. The zero-order chi connectivity index (χ0) is 16.5. The van der Waals surface area contributed by atoms with Crippen molar-refractivity contribution < 1.29 is 14.3 Å². The van der Waals surface area contributed by atoms with Crippen LogP contribution in [-0.2, 0) is 14.3 Å². The molecule has 1 saturated carbocycles. The molecule has 0 aromatic rings. The van der Waals surface area contributed by atoms with Crippen LogP contribution in [0.3, 0.4) is 0 Å². The number of ether oxygens (including phenoxy) is 2. The van der Waals surface area contributed by atoms with E-state index < -0.39 is 5.60 Å². The normalized spacial score (nSPS) is 24.8. The summed E-state index contributed by atoms with van der Waals surface area (Å²) in [6, 6.07) is 0. The van der Waals surface area contributed by atoms with E-state index in [2.05, 4.69) is 34.6 Å². The van der Waals surface area contributed by atoms with Crippen LogP contribution >= 0.6 is 0 Å². The molecule has 0 radical (unpaired) electrons. The third kappa shape index (κ3) is 4.21. The Kier molecular flexibility index (Phi) is 5.20. The highest BCUT2D eigenvalue weighted by Crippen LogP contribution is 2.68. The van der Waals surface area contributed by atoms with Gasteiger partial charge in [0.05, 0.1) is 5.41 Å². The smallest absolute Gasteiger partial charge is 0.313 e. The van der Waals surface area contributed by atoms with Crippen molar-refractivity contribution in [1.29, 1.82) is 0 Å². The molecule has 1 atom stereocenters. The highest BCUT2D eigenvalue weighted by Gasteiger charge is 2.68. The Morgan fingerprint density at radius 1 is 1.19 bits per heavy atom. The first-order valence-electron chi connectivity index (χ1n) is 8.14. The van der Waals surface area contributed by atoms with Gasteiger partial charge in [-0.25, -0.2) is 0 Å². The molecule has 124 valence electrons. The lowest BCUT2D eigenvalue weighted by Gasteiger charge is -2.33. The highest BCUT2D eigenvalue weighted by atomic mass is 16.6. The zero-order valence-electron chi connectivity index (χ0n) is 15.3. The largest absolute Gasteiger partial charge is 0.459 e. The number of carbonyl (C=O) groups excluding carboxylic acids is 1. The summed E-state index contributed by atoms with van der Waals surface area (Å²) in [4.78, 5) is 12.9. The fourth-order valence-electron chi connectivity index (χ4n) is 3.12. The van der Waals surface area contributed by atoms with Crippen molar-refractivity contribution in [2.75, 3.05) is 13.7 Å². The molecule has 3 nitrogen and oxygen atoms in total. The first-order valence-corrected chi connectivity index (χ1v) is 8.14. The van der Waals surface area contributed by atoms with E-state index in [9.17, 15) is 4.79 Å². The van der Waals surface area contributed by atoms with Gasteiger partial charge in [0.15, 0.2) is 0 Å². The molecule has 1 aliphatic rings. The van der Waals surface area contributed by atoms with Crippen molar-refractivity contribution in [3.8, 4) is 0 Å². The van der Waals surface area contributed by atoms with Crippen LogP contribution in [0.2, 0.25) is 0 Å². The Morgan fingerprint density at radius 3 is 2.10 bits per heavy atom. The van der Waals surface area contributed by atoms with Gasteiger partial charge in [0.1, 0.15) is 5.60 Å². The fourth-order valence-corrected chi connectivity index (χ4v) is 3.12. The molecular weight excluding hydrogens is 264 g/mol. The van der Waals surface area contributed by atoms with E-state index in [1.54, 1.807) is 7.11 Å². The third-order valence-corrected chi connectivity index (χ3v) is 5.32. The number of methoxy groups -OCH3 is 1. The average molecular weight is 298 g/mol. The standard InChI is InChI=1S/C18H34O3/c1-9-15(2,3)12-18(13-16(18,4)5)14(19)21-17(6,7)10-11-20-8/h9-13H2,1-8H3. The fraction of sp³-hybridized carbons (Fsp3) is 0.944. The quantitative estimate of drug-likeness (QED) is 0.615. The molecular formula is C18H34O3. The summed E-state index contributed by atoms with van der Waals surface area (Å²) in [6.45, 7) is 15.6. The van der Waals surface area contributed by atoms with Gasteiger partial charge in [0.25, 0.3) is 0 Å². The van der Waals surface area contributed by atoms with Crippen LogP contribution in [0.4, 0.5) is 0 Å². The van der Waals surface area contributed by atoms with Crippen molar-refractivity contribution in [2.45, 2.75) is 79.8 Å². The minimum Gasteiger partial charge on any atom is -0.459 e. The number of rotatable bonds is 8. The third-order valence-electron chi connectivity index (χ3n) is 5.32. The molecule has 0 spiro atoms. The van der Waals surface area contributed by atoms with Crippen LogP contribution in [0.25, 0.3) is 0 Å². The van der Waals surface area contributed by atoms with Gasteiger partial charge in [-0.05, 0) is 37.5 Å². The van der Waals surface area contributed by atoms with Gasteiger partial charge in [-0.1, -0.05) is 41.0 Å². The molecule has 1 unspecified atom stereocenters. The molecule has 1 aliphatic carbocycles. The van der Waals surface area contributed by atoms with Crippen molar-refractivity contribution in [2.24, 2.45) is 16.2 Å². The van der Waals surface area contributed by atoms with E-state index >= 15 is 0 Å². The Hall–Kier alpha value is -0.570. The summed E-state index contributed by atoms with van der Waals surface area (Å²) in [5.41, 5.74) is -0.552. The maximum absolute atomic E-state index is 12.9. The topological polar surface area (TPSA) is 35.5 Å². The maximum Gasteiger partial charge on any atom is 0.313 e. The minimum atomic E-state index is -0.463. The van der Waals surface area contributed by atoms with Crippen molar-refractivity contribution >= 4 is 5.97 Å². The SMILES string of the molecule is CCC(C)(C)CC1(C(=O)OC(C)(C)CCOC)CC1(C)C. The summed E-state index contributed by atoms with van der Waals surface area (Å²) < 4.78 is 11.0. The van der Waals surface area contributed by atoms with Crippen LogP contribution in [0.5, 0.6) is 0 Å². The van der Waals surface area contributed by atoms with E-state index in [0.29, 0.717) is 6.61 Å². The van der Waals surface area contributed by atoms with E-state index in [0.717, 1.165) is 25.7 Å². The van der Waals surface area contributed by atoms with Crippen LogP contribution < -0.4 is 0 Å². The second-order valence-corrected chi connectivity index (χ2v) is 8.73. The van der Waals surface area contributed by atoms with E-state index in [1.165, 1.54) is 0 Å². The van der Waals surface area contributed by atoms with Crippen LogP contribution in [-0.4, -0.2) is 25.3 Å². The molecule has 0 aromatic heterocycles. The minimum absolute atomic E-state index is 0.0184. The molecule has 0 N–H and O–H groups in total. The second-order valence-electron chi connectivity index (χ2n) is 8.73. The molecule has 0 bridgehead atoms. The lowest BCUT2D eigenvalue weighted by Crippen LogP contribution is -2.37. The van der Waals surface area contributed by atoms with Gasteiger partial charge >= 0.3 is 5.97 Å². The molecule has 0 heterocycles. The Labute approximate surface area is 130 Å². The predicted octanol–water partition coefficient (Wildman–Crippen LogP) is 4.59. The molecule has 1 rings (SSSR count). The number of carbonyl (C=O) groups is 1. The number of hydrogen-bond acceptors (Lipinski definition) is 3. The molecule has 0 saturated heterocycles. The van der Waals surface area contributed by atoms with Crippen molar-refractivity contribution in [3.05, 3.63) is 0 Å². The number of hydrogen-bond donors (Lipinski definition) is 0. The monoisotopic (exact) mass is 298 g/mol. The van der Waals surface area contributed by atoms with Gasteiger partial charge in [0.2, 0.25) is 0 Å². The Balaban J connectivity index is 2.81. The second kappa shape index (κ2) is 5.91. The van der Waals surface area contributed by atoms with Crippen molar-refractivity contribution in [3.63, 3.8) is 0 Å². The zero-order valence-corrected chi connectivity index (χ0v) is 15.3. The average Bonchev–Trinajstić information content (AvgIpc) is 2.88. The highest BCUT2D eigenvalue weighted by molar-refractivity contribution is 5.82. The summed E-state index contributed by atoms with van der Waals surface area (Å²) in [5, 5.41) is 0.